The van der Waals surface area contributed by atoms with Crippen LogP contribution in [0.3, 0.4) is 0 Å². The predicted octanol–water partition coefficient (Wildman–Crippen LogP) is 3.76. The summed E-state index contributed by atoms with van der Waals surface area (Å²) in [6.07, 6.45) is 1.12. The van der Waals surface area contributed by atoms with Crippen LogP contribution in [0, 0.1) is 5.92 Å². The van der Waals surface area contributed by atoms with Gasteiger partial charge in [0.05, 0.1) is 5.60 Å². The average molecular weight is 220 g/mol. The Hall–Kier alpha value is -0.820. The van der Waals surface area contributed by atoms with Crippen molar-refractivity contribution in [3.8, 4) is 0 Å². The third-order valence-corrected chi connectivity index (χ3v) is 3.18. The van der Waals surface area contributed by atoms with E-state index in [-0.39, 0.29) is 5.92 Å². The molecular weight excluding hydrogens is 196 g/mol. The minimum atomic E-state index is -0.653. The van der Waals surface area contributed by atoms with E-state index in [1.54, 1.807) is 0 Å². The Labute approximate surface area is 99.5 Å². The van der Waals surface area contributed by atoms with Crippen LogP contribution < -0.4 is 0 Å². The van der Waals surface area contributed by atoms with Crippen LogP contribution in [0.2, 0.25) is 0 Å². The van der Waals surface area contributed by atoms with E-state index in [0.29, 0.717) is 5.92 Å². The highest BCUT2D eigenvalue weighted by Gasteiger charge is 2.23. The zero-order chi connectivity index (χ0) is 12.3. The van der Waals surface area contributed by atoms with Gasteiger partial charge in [-0.25, -0.2) is 0 Å². The Morgan fingerprint density at radius 1 is 1.06 bits per heavy atom. The van der Waals surface area contributed by atoms with Crippen LogP contribution >= 0.6 is 0 Å². The second kappa shape index (κ2) is 5.01. The van der Waals surface area contributed by atoms with Crippen molar-refractivity contribution in [1.82, 2.24) is 0 Å². The first kappa shape index (κ1) is 13.2. The second-order valence-corrected chi connectivity index (χ2v) is 5.71. The van der Waals surface area contributed by atoms with Crippen LogP contribution in [0.4, 0.5) is 0 Å². The van der Waals surface area contributed by atoms with Gasteiger partial charge in [0, 0.05) is 5.92 Å². The van der Waals surface area contributed by atoms with Gasteiger partial charge in [0.2, 0.25) is 0 Å². The molecule has 0 fully saturated rings. The van der Waals surface area contributed by atoms with E-state index in [9.17, 15) is 5.11 Å². The Morgan fingerprint density at radius 2 is 1.56 bits per heavy atom. The zero-order valence-corrected chi connectivity index (χ0v) is 11.1. The number of aliphatic hydroxyl groups is 1. The molecule has 1 nitrogen and oxygen atoms in total. The monoisotopic (exact) mass is 220 g/mol. The van der Waals surface area contributed by atoms with Crippen molar-refractivity contribution in [2.45, 2.75) is 52.6 Å². The van der Waals surface area contributed by atoms with Gasteiger partial charge in [-0.15, -0.1) is 0 Å². The van der Waals surface area contributed by atoms with E-state index in [2.05, 4.69) is 45.0 Å². The van der Waals surface area contributed by atoms with Crippen molar-refractivity contribution < 1.29 is 5.11 Å². The van der Waals surface area contributed by atoms with Crippen molar-refractivity contribution in [2.75, 3.05) is 0 Å². The molecule has 1 aromatic carbocycles. The molecule has 0 radical (unpaired) electrons. The van der Waals surface area contributed by atoms with E-state index in [4.69, 9.17) is 0 Å². The molecule has 0 aliphatic carbocycles. The van der Waals surface area contributed by atoms with Crippen molar-refractivity contribution in [1.29, 1.82) is 0 Å². The summed E-state index contributed by atoms with van der Waals surface area (Å²) < 4.78 is 0. The maximum absolute atomic E-state index is 9.95. The summed E-state index contributed by atoms with van der Waals surface area (Å²) in [6, 6.07) is 8.63. The molecule has 1 heteroatoms. The summed E-state index contributed by atoms with van der Waals surface area (Å²) in [5.74, 6) is 0.859. The van der Waals surface area contributed by atoms with Gasteiger partial charge in [0.25, 0.3) is 0 Å². The minimum absolute atomic E-state index is 0.167. The molecule has 0 spiro atoms. The molecule has 1 aromatic rings. The van der Waals surface area contributed by atoms with Crippen LogP contribution in [-0.4, -0.2) is 10.7 Å². The molecule has 0 saturated heterocycles. The maximum Gasteiger partial charge on any atom is 0.0657 e. The zero-order valence-electron chi connectivity index (χ0n) is 11.1. The normalized spacial score (nSPS) is 14.2. The fourth-order valence-corrected chi connectivity index (χ4v) is 1.82. The van der Waals surface area contributed by atoms with Crippen LogP contribution in [0.1, 0.15) is 51.7 Å². The van der Waals surface area contributed by atoms with Gasteiger partial charge in [0.15, 0.2) is 0 Å². The highest BCUT2D eigenvalue weighted by molar-refractivity contribution is 5.26. The number of hydrogen-bond donors (Lipinski definition) is 1. The summed E-state index contributed by atoms with van der Waals surface area (Å²) in [5, 5.41) is 9.95. The van der Waals surface area contributed by atoms with Gasteiger partial charge in [-0.1, -0.05) is 45.0 Å². The molecule has 90 valence electrons. The fraction of sp³-hybridized carbons (Fsp3) is 0.600. The van der Waals surface area contributed by atoms with Crippen LogP contribution in [0.25, 0.3) is 0 Å². The maximum atomic E-state index is 9.95. The SMILES string of the molecule is CC(C)Cc1ccc(C(C)C(C)(C)O)cc1. The van der Waals surface area contributed by atoms with Gasteiger partial charge in [-0.05, 0) is 37.3 Å². The second-order valence-electron chi connectivity index (χ2n) is 5.71. The van der Waals surface area contributed by atoms with Crippen LogP contribution in [0.15, 0.2) is 24.3 Å². The molecule has 1 rings (SSSR count). The third-order valence-electron chi connectivity index (χ3n) is 3.18. The molecule has 0 aromatic heterocycles. The molecule has 0 amide bonds. The van der Waals surface area contributed by atoms with E-state index >= 15 is 0 Å². The molecule has 16 heavy (non-hydrogen) atoms. The molecule has 0 saturated carbocycles. The number of benzene rings is 1. The molecule has 0 aliphatic rings. The van der Waals surface area contributed by atoms with Gasteiger partial charge < -0.3 is 5.11 Å². The van der Waals surface area contributed by atoms with Crippen molar-refractivity contribution in [2.24, 2.45) is 5.92 Å². The molecule has 1 N–H and O–H groups in total. The summed E-state index contributed by atoms with van der Waals surface area (Å²) in [4.78, 5) is 0. The lowest BCUT2D eigenvalue weighted by Gasteiger charge is -2.26. The first-order chi connectivity index (χ1) is 7.30. The molecule has 1 atom stereocenters. The van der Waals surface area contributed by atoms with Gasteiger partial charge in [-0.2, -0.15) is 0 Å². The Bertz CT molecular complexity index is 316. The third kappa shape index (κ3) is 3.64. The Kier molecular flexibility index (Phi) is 4.15. The topological polar surface area (TPSA) is 20.2 Å². The summed E-state index contributed by atoms with van der Waals surface area (Å²) >= 11 is 0. The van der Waals surface area contributed by atoms with Crippen LogP contribution in [0.5, 0.6) is 0 Å². The van der Waals surface area contributed by atoms with E-state index in [1.165, 1.54) is 11.1 Å². The molecule has 0 aliphatic heterocycles. The molecular formula is C15H24O. The first-order valence-corrected chi connectivity index (χ1v) is 6.12. The Morgan fingerprint density at radius 3 is 1.94 bits per heavy atom. The summed E-state index contributed by atoms with van der Waals surface area (Å²) in [5.41, 5.74) is 1.93. The average Bonchev–Trinajstić information content (AvgIpc) is 2.15. The van der Waals surface area contributed by atoms with E-state index < -0.39 is 5.60 Å². The van der Waals surface area contributed by atoms with Crippen molar-refractivity contribution in [3.63, 3.8) is 0 Å². The summed E-state index contributed by atoms with van der Waals surface area (Å²) in [6.45, 7) is 10.2. The van der Waals surface area contributed by atoms with Gasteiger partial charge >= 0.3 is 0 Å². The van der Waals surface area contributed by atoms with Gasteiger partial charge in [0.1, 0.15) is 0 Å². The number of rotatable bonds is 4. The highest BCUT2D eigenvalue weighted by Crippen LogP contribution is 2.27. The van der Waals surface area contributed by atoms with Gasteiger partial charge in [-0.3, -0.25) is 0 Å². The van der Waals surface area contributed by atoms with E-state index in [0.717, 1.165) is 6.42 Å². The van der Waals surface area contributed by atoms with Crippen LogP contribution in [-0.2, 0) is 6.42 Å². The lowest BCUT2D eigenvalue weighted by Crippen LogP contribution is -2.26. The standard InChI is InChI=1S/C15H24O/c1-11(2)10-13-6-8-14(9-7-13)12(3)15(4,5)16/h6-9,11-12,16H,10H2,1-5H3. The fourth-order valence-electron chi connectivity index (χ4n) is 1.82. The lowest BCUT2D eigenvalue weighted by molar-refractivity contribution is 0.0559. The minimum Gasteiger partial charge on any atom is -0.390 e. The summed E-state index contributed by atoms with van der Waals surface area (Å²) in [7, 11) is 0. The first-order valence-electron chi connectivity index (χ1n) is 6.12. The highest BCUT2D eigenvalue weighted by atomic mass is 16.3. The largest absolute Gasteiger partial charge is 0.390 e. The molecule has 1 unspecified atom stereocenters. The Balaban J connectivity index is 2.79. The molecule has 0 bridgehead atoms. The lowest BCUT2D eigenvalue weighted by atomic mass is 9.86. The predicted molar refractivity (Wildman–Crippen MR) is 69.7 cm³/mol. The van der Waals surface area contributed by atoms with Crippen molar-refractivity contribution >= 4 is 0 Å². The van der Waals surface area contributed by atoms with E-state index in [1.807, 2.05) is 13.8 Å². The number of hydrogen-bond acceptors (Lipinski definition) is 1. The molecule has 0 heterocycles. The quantitative estimate of drug-likeness (QED) is 0.819. The van der Waals surface area contributed by atoms with Crippen molar-refractivity contribution in [3.05, 3.63) is 35.4 Å². The smallest absolute Gasteiger partial charge is 0.0657 e.